The number of rotatable bonds is 4. The van der Waals surface area contributed by atoms with E-state index in [-0.39, 0.29) is 11.5 Å². The third kappa shape index (κ3) is 3.05. The maximum absolute atomic E-state index is 13.5. The Morgan fingerprint density at radius 3 is 2.26 bits per heavy atom. The molecule has 0 bridgehead atoms. The first-order chi connectivity index (χ1) is 9.11. The van der Waals surface area contributed by atoms with E-state index >= 15 is 0 Å². The van der Waals surface area contributed by atoms with Gasteiger partial charge >= 0.3 is 0 Å². The minimum atomic E-state index is -0.382. The van der Waals surface area contributed by atoms with Crippen LogP contribution in [0.5, 0.6) is 0 Å². The molecule has 0 amide bonds. The Hall–Kier alpha value is -2.03. The molecule has 2 aromatic rings. The van der Waals surface area contributed by atoms with Gasteiger partial charge in [0, 0.05) is 18.4 Å². The van der Waals surface area contributed by atoms with Crippen LogP contribution in [0.3, 0.4) is 0 Å². The van der Waals surface area contributed by atoms with Gasteiger partial charge in [0.25, 0.3) is 0 Å². The highest BCUT2D eigenvalue weighted by molar-refractivity contribution is 5.64. The average Bonchev–Trinajstić information content (AvgIpc) is 2.42. The van der Waals surface area contributed by atoms with Gasteiger partial charge in [-0.05, 0) is 42.3 Å². The molecule has 0 aliphatic carbocycles. The SMILES string of the molecule is CCCc1ccc(N(C)c2ccc(N)c(F)c2)cc1. The van der Waals surface area contributed by atoms with Crippen LogP contribution in [-0.4, -0.2) is 7.05 Å². The van der Waals surface area contributed by atoms with Crippen LogP contribution in [-0.2, 0) is 6.42 Å². The fourth-order valence-electron chi connectivity index (χ4n) is 2.05. The minimum Gasteiger partial charge on any atom is -0.396 e. The summed E-state index contributed by atoms with van der Waals surface area (Å²) in [6.45, 7) is 2.16. The van der Waals surface area contributed by atoms with Crippen molar-refractivity contribution in [1.82, 2.24) is 0 Å². The quantitative estimate of drug-likeness (QED) is 0.835. The third-order valence-electron chi connectivity index (χ3n) is 3.23. The van der Waals surface area contributed by atoms with Crippen molar-refractivity contribution in [3.63, 3.8) is 0 Å². The van der Waals surface area contributed by atoms with Crippen LogP contribution in [0.1, 0.15) is 18.9 Å². The van der Waals surface area contributed by atoms with E-state index in [1.54, 1.807) is 6.07 Å². The van der Waals surface area contributed by atoms with E-state index in [0.29, 0.717) is 0 Å². The molecule has 0 aromatic heterocycles. The number of anilines is 3. The van der Waals surface area contributed by atoms with Crippen molar-refractivity contribution in [2.75, 3.05) is 17.7 Å². The lowest BCUT2D eigenvalue weighted by Crippen LogP contribution is -2.10. The number of benzene rings is 2. The predicted molar refractivity (Wildman–Crippen MR) is 79.3 cm³/mol. The Labute approximate surface area is 113 Å². The van der Waals surface area contributed by atoms with Gasteiger partial charge in [-0.3, -0.25) is 0 Å². The van der Waals surface area contributed by atoms with Crippen molar-refractivity contribution < 1.29 is 4.39 Å². The lowest BCUT2D eigenvalue weighted by atomic mass is 10.1. The van der Waals surface area contributed by atoms with Crippen molar-refractivity contribution in [3.05, 3.63) is 53.8 Å². The van der Waals surface area contributed by atoms with Gasteiger partial charge < -0.3 is 10.6 Å². The lowest BCUT2D eigenvalue weighted by molar-refractivity contribution is 0.632. The van der Waals surface area contributed by atoms with Gasteiger partial charge in [0.2, 0.25) is 0 Å². The second-order valence-corrected chi connectivity index (χ2v) is 4.68. The number of aryl methyl sites for hydroxylation is 1. The molecule has 3 heteroatoms. The van der Waals surface area contributed by atoms with Crippen LogP contribution in [0.2, 0.25) is 0 Å². The highest BCUT2D eigenvalue weighted by Gasteiger charge is 2.06. The lowest BCUT2D eigenvalue weighted by Gasteiger charge is -2.20. The van der Waals surface area contributed by atoms with Gasteiger partial charge in [-0.1, -0.05) is 25.5 Å². The molecule has 2 N–H and O–H groups in total. The van der Waals surface area contributed by atoms with Crippen molar-refractivity contribution in [1.29, 1.82) is 0 Å². The summed E-state index contributed by atoms with van der Waals surface area (Å²) in [5, 5.41) is 0. The topological polar surface area (TPSA) is 29.3 Å². The van der Waals surface area contributed by atoms with E-state index < -0.39 is 0 Å². The largest absolute Gasteiger partial charge is 0.396 e. The molecule has 0 unspecified atom stereocenters. The summed E-state index contributed by atoms with van der Waals surface area (Å²) < 4.78 is 13.5. The van der Waals surface area contributed by atoms with Crippen LogP contribution in [0.4, 0.5) is 21.5 Å². The summed E-state index contributed by atoms with van der Waals surface area (Å²) in [6.07, 6.45) is 2.22. The summed E-state index contributed by atoms with van der Waals surface area (Å²) in [5.41, 5.74) is 8.80. The van der Waals surface area contributed by atoms with E-state index in [9.17, 15) is 4.39 Å². The Bertz CT molecular complexity index is 549. The van der Waals surface area contributed by atoms with Crippen molar-refractivity contribution in [2.24, 2.45) is 0 Å². The zero-order valence-corrected chi connectivity index (χ0v) is 11.4. The molecule has 2 aromatic carbocycles. The van der Waals surface area contributed by atoms with E-state index in [0.717, 1.165) is 24.2 Å². The number of nitrogen functional groups attached to an aromatic ring is 1. The zero-order valence-electron chi connectivity index (χ0n) is 11.4. The molecule has 0 heterocycles. The first kappa shape index (κ1) is 13.4. The normalized spacial score (nSPS) is 10.5. The van der Waals surface area contributed by atoms with Gasteiger partial charge in [-0.2, -0.15) is 0 Å². The molecule has 2 rings (SSSR count). The number of nitrogens with two attached hydrogens (primary N) is 1. The zero-order chi connectivity index (χ0) is 13.8. The molecule has 19 heavy (non-hydrogen) atoms. The molecule has 0 radical (unpaired) electrons. The average molecular weight is 258 g/mol. The van der Waals surface area contributed by atoms with Gasteiger partial charge in [0.1, 0.15) is 5.82 Å². The van der Waals surface area contributed by atoms with Crippen molar-refractivity contribution in [2.45, 2.75) is 19.8 Å². The standard InChI is InChI=1S/C16H19FN2/c1-3-4-12-5-7-13(8-6-12)19(2)14-9-10-16(18)15(17)11-14/h5-11H,3-4,18H2,1-2H3. The summed E-state index contributed by atoms with van der Waals surface area (Å²) in [6, 6.07) is 13.2. The Kier molecular flexibility index (Phi) is 4.05. The summed E-state index contributed by atoms with van der Waals surface area (Å²) in [7, 11) is 1.92. The van der Waals surface area contributed by atoms with Crippen LogP contribution < -0.4 is 10.6 Å². The summed E-state index contributed by atoms with van der Waals surface area (Å²) in [4.78, 5) is 1.94. The maximum atomic E-state index is 13.5. The highest BCUT2D eigenvalue weighted by Crippen LogP contribution is 2.26. The molecule has 100 valence electrons. The molecular weight excluding hydrogens is 239 g/mol. The van der Waals surface area contributed by atoms with Gasteiger partial charge in [0.15, 0.2) is 0 Å². The minimum absolute atomic E-state index is 0.176. The van der Waals surface area contributed by atoms with E-state index in [2.05, 4.69) is 31.2 Å². The molecule has 0 atom stereocenters. The Balaban J connectivity index is 2.22. The second-order valence-electron chi connectivity index (χ2n) is 4.68. The summed E-state index contributed by atoms with van der Waals surface area (Å²) in [5.74, 6) is -0.382. The maximum Gasteiger partial charge on any atom is 0.148 e. The molecule has 0 spiro atoms. The molecule has 0 aliphatic heterocycles. The fraction of sp³-hybridized carbons (Fsp3) is 0.250. The summed E-state index contributed by atoms with van der Waals surface area (Å²) >= 11 is 0. The van der Waals surface area contributed by atoms with Crippen LogP contribution in [0, 0.1) is 5.82 Å². The first-order valence-electron chi connectivity index (χ1n) is 6.49. The molecule has 0 saturated carbocycles. The Morgan fingerprint density at radius 1 is 1.05 bits per heavy atom. The van der Waals surface area contributed by atoms with E-state index in [4.69, 9.17) is 5.73 Å². The van der Waals surface area contributed by atoms with Crippen LogP contribution in [0.15, 0.2) is 42.5 Å². The van der Waals surface area contributed by atoms with Crippen LogP contribution >= 0.6 is 0 Å². The van der Waals surface area contributed by atoms with Crippen LogP contribution in [0.25, 0.3) is 0 Å². The molecular formula is C16H19FN2. The fourth-order valence-corrected chi connectivity index (χ4v) is 2.05. The number of hydrogen-bond donors (Lipinski definition) is 1. The molecule has 0 aliphatic rings. The monoisotopic (exact) mass is 258 g/mol. The number of hydrogen-bond acceptors (Lipinski definition) is 2. The molecule has 0 fully saturated rings. The molecule has 2 nitrogen and oxygen atoms in total. The highest BCUT2D eigenvalue weighted by atomic mass is 19.1. The number of halogens is 1. The predicted octanol–water partition coefficient (Wildman–Crippen LogP) is 4.13. The van der Waals surface area contributed by atoms with Gasteiger partial charge in [0.05, 0.1) is 5.69 Å². The third-order valence-corrected chi connectivity index (χ3v) is 3.23. The van der Waals surface area contributed by atoms with Crippen molar-refractivity contribution in [3.8, 4) is 0 Å². The number of nitrogens with zero attached hydrogens (tertiary/aromatic N) is 1. The first-order valence-corrected chi connectivity index (χ1v) is 6.49. The van der Waals surface area contributed by atoms with Gasteiger partial charge in [-0.25, -0.2) is 4.39 Å². The second kappa shape index (κ2) is 5.74. The van der Waals surface area contributed by atoms with E-state index in [1.807, 2.05) is 18.0 Å². The van der Waals surface area contributed by atoms with E-state index in [1.165, 1.54) is 11.6 Å². The Morgan fingerprint density at radius 2 is 1.68 bits per heavy atom. The smallest absolute Gasteiger partial charge is 0.148 e. The van der Waals surface area contributed by atoms with Gasteiger partial charge in [-0.15, -0.1) is 0 Å². The molecule has 0 saturated heterocycles. The van der Waals surface area contributed by atoms with Crippen molar-refractivity contribution >= 4 is 17.1 Å².